The van der Waals surface area contributed by atoms with Gasteiger partial charge in [0, 0.05) is 14.7 Å². The van der Waals surface area contributed by atoms with E-state index < -0.39 is 0 Å². The molecule has 0 fully saturated rings. The summed E-state index contributed by atoms with van der Waals surface area (Å²) >= 11 is 5.15. The van der Waals surface area contributed by atoms with Gasteiger partial charge in [-0.15, -0.1) is 11.3 Å². The fraction of sp³-hybridized carbons (Fsp3) is 0.125. The molecule has 0 aliphatic heterocycles. The average Bonchev–Trinajstić information content (AvgIpc) is 2.87. The number of hydrogen-bond acceptors (Lipinski definition) is 2. The molecular formula is C16H13BrFNS. The maximum Gasteiger partial charge on any atom is 0.129 e. The number of hydrogen-bond donors (Lipinski definition) is 1. The van der Waals surface area contributed by atoms with Crippen molar-refractivity contribution in [3.8, 4) is 0 Å². The van der Waals surface area contributed by atoms with Crippen molar-refractivity contribution in [1.82, 2.24) is 5.32 Å². The SMILES string of the molecule is CNC(c1c(F)cccc1Br)c1csc2ccccc12. The van der Waals surface area contributed by atoms with Crippen LogP contribution in [0.2, 0.25) is 0 Å². The molecule has 4 heteroatoms. The van der Waals surface area contributed by atoms with Gasteiger partial charge in [0.2, 0.25) is 0 Å². The molecule has 1 atom stereocenters. The summed E-state index contributed by atoms with van der Waals surface area (Å²) in [5.74, 6) is -0.200. The Morgan fingerprint density at radius 2 is 1.95 bits per heavy atom. The third-order valence-electron chi connectivity index (χ3n) is 3.40. The van der Waals surface area contributed by atoms with Gasteiger partial charge in [-0.3, -0.25) is 0 Å². The first-order valence-electron chi connectivity index (χ1n) is 6.29. The van der Waals surface area contributed by atoms with E-state index in [1.54, 1.807) is 17.4 Å². The van der Waals surface area contributed by atoms with Crippen LogP contribution >= 0.6 is 27.3 Å². The van der Waals surface area contributed by atoms with Gasteiger partial charge in [0.25, 0.3) is 0 Å². The lowest BCUT2D eigenvalue weighted by atomic mass is 9.98. The molecule has 3 aromatic rings. The van der Waals surface area contributed by atoms with Crippen LogP contribution in [0.25, 0.3) is 10.1 Å². The van der Waals surface area contributed by atoms with Crippen molar-refractivity contribution in [2.24, 2.45) is 0 Å². The lowest BCUT2D eigenvalue weighted by Gasteiger charge is -2.18. The highest BCUT2D eigenvalue weighted by molar-refractivity contribution is 9.10. The number of benzene rings is 2. The van der Waals surface area contributed by atoms with Crippen LogP contribution in [0.4, 0.5) is 4.39 Å². The van der Waals surface area contributed by atoms with E-state index >= 15 is 0 Å². The number of rotatable bonds is 3. The Morgan fingerprint density at radius 3 is 2.70 bits per heavy atom. The fourth-order valence-corrected chi connectivity index (χ4v) is 4.02. The average molecular weight is 350 g/mol. The van der Waals surface area contributed by atoms with Crippen molar-refractivity contribution >= 4 is 37.4 Å². The Morgan fingerprint density at radius 1 is 1.15 bits per heavy atom. The molecule has 0 bridgehead atoms. The first kappa shape index (κ1) is 13.7. The second-order valence-corrected chi connectivity index (χ2v) is 6.31. The zero-order chi connectivity index (χ0) is 14.1. The molecule has 1 heterocycles. The van der Waals surface area contributed by atoms with Gasteiger partial charge in [-0.2, -0.15) is 0 Å². The Hall–Kier alpha value is -1.23. The zero-order valence-corrected chi connectivity index (χ0v) is 13.3. The first-order valence-corrected chi connectivity index (χ1v) is 7.97. The van der Waals surface area contributed by atoms with Crippen molar-refractivity contribution in [1.29, 1.82) is 0 Å². The summed E-state index contributed by atoms with van der Waals surface area (Å²) in [5.41, 5.74) is 1.76. The number of halogens is 2. The molecule has 20 heavy (non-hydrogen) atoms. The molecule has 1 unspecified atom stereocenters. The highest BCUT2D eigenvalue weighted by atomic mass is 79.9. The zero-order valence-electron chi connectivity index (χ0n) is 10.9. The molecule has 2 aromatic carbocycles. The third kappa shape index (κ3) is 2.28. The van der Waals surface area contributed by atoms with E-state index in [1.807, 2.05) is 25.2 Å². The van der Waals surface area contributed by atoms with E-state index in [2.05, 4.69) is 38.8 Å². The van der Waals surface area contributed by atoms with Crippen molar-refractivity contribution < 1.29 is 4.39 Å². The van der Waals surface area contributed by atoms with Crippen molar-refractivity contribution in [3.05, 3.63) is 69.3 Å². The van der Waals surface area contributed by atoms with E-state index in [0.29, 0.717) is 5.56 Å². The van der Waals surface area contributed by atoms with E-state index in [9.17, 15) is 4.39 Å². The van der Waals surface area contributed by atoms with Crippen LogP contribution in [0.1, 0.15) is 17.2 Å². The Balaban J connectivity index is 2.20. The Kier molecular flexibility index (Phi) is 3.87. The Bertz CT molecular complexity index is 733. The second-order valence-electron chi connectivity index (χ2n) is 4.54. The molecule has 1 nitrogen and oxygen atoms in total. The summed E-state index contributed by atoms with van der Waals surface area (Å²) in [5, 5.41) is 6.51. The minimum atomic E-state index is -0.200. The van der Waals surface area contributed by atoms with E-state index in [4.69, 9.17) is 0 Å². The van der Waals surface area contributed by atoms with Crippen LogP contribution in [0, 0.1) is 5.82 Å². The number of fused-ring (bicyclic) bond motifs is 1. The highest BCUT2D eigenvalue weighted by Crippen LogP contribution is 2.36. The van der Waals surface area contributed by atoms with Gasteiger partial charge in [-0.25, -0.2) is 4.39 Å². The maximum absolute atomic E-state index is 14.2. The second kappa shape index (κ2) is 5.64. The summed E-state index contributed by atoms with van der Waals surface area (Å²) in [6.45, 7) is 0. The summed E-state index contributed by atoms with van der Waals surface area (Å²) in [6.07, 6.45) is 0. The Labute approximate surface area is 129 Å². The standard InChI is InChI=1S/C16H13BrFNS/c1-19-16(15-12(17)6-4-7-13(15)18)11-9-20-14-8-3-2-5-10(11)14/h2-9,16,19H,1H3. The molecule has 1 aromatic heterocycles. The van der Waals surface area contributed by atoms with Gasteiger partial charge in [0.15, 0.2) is 0 Å². The summed E-state index contributed by atoms with van der Waals surface area (Å²) in [6, 6.07) is 13.1. The largest absolute Gasteiger partial charge is 0.309 e. The minimum absolute atomic E-state index is 0.165. The van der Waals surface area contributed by atoms with Gasteiger partial charge in [-0.1, -0.05) is 40.2 Å². The lowest BCUT2D eigenvalue weighted by Crippen LogP contribution is -2.19. The quantitative estimate of drug-likeness (QED) is 0.692. The normalized spacial score (nSPS) is 12.8. The van der Waals surface area contributed by atoms with Gasteiger partial charge < -0.3 is 5.32 Å². The summed E-state index contributed by atoms with van der Waals surface area (Å²) < 4.78 is 16.2. The number of nitrogens with one attached hydrogen (secondary N) is 1. The summed E-state index contributed by atoms with van der Waals surface area (Å²) in [4.78, 5) is 0. The first-order chi connectivity index (χ1) is 9.72. The van der Waals surface area contributed by atoms with Crippen LogP contribution in [-0.2, 0) is 0 Å². The van der Waals surface area contributed by atoms with E-state index in [-0.39, 0.29) is 11.9 Å². The maximum atomic E-state index is 14.2. The molecule has 102 valence electrons. The van der Waals surface area contributed by atoms with Crippen molar-refractivity contribution in [2.45, 2.75) is 6.04 Å². The van der Waals surface area contributed by atoms with Crippen LogP contribution in [-0.4, -0.2) is 7.05 Å². The van der Waals surface area contributed by atoms with E-state index in [0.717, 1.165) is 10.0 Å². The van der Waals surface area contributed by atoms with Gasteiger partial charge in [0.1, 0.15) is 5.82 Å². The third-order valence-corrected chi connectivity index (χ3v) is 5.07. The minimum Gasteiger partial charge on any atom is -0.309 e. The van der Waals surface area contributed by atoms with Gasteiger partial charge in [-0.05, 0) is 41.6 Å². The number of thiophene rings is 1. The van der Waals surface area contributed by atoms with Gasteiger partial charge in [0.05, 0.1) is 6.04 Å². The molecule has 0 saturated carbocycles. The predicted molar refractivity (Wildman–Crippen MR) is 86.8 cm³/mol. The predicted octanol–water partition coefficient (Wildman–Crippen LogP) is 5.11. The fourth-order valence-electron chi connectivity index (χ4n) is 2.46. The summed E-state index contributed by atoms with van der Waals surface area (Å²) in [7, 11) is 1.86. The van der Waals surface area contributed by atoms with Crippen LogP contribution in [0.5, 0.6) is 0 Å². The molecule has 0 aliphatic carbocycles. The van der Waals surface area contributed by atoms with Gasteiger partial charge >= 0.3 is 0 Å². The molecule has 1 N–H and O–H groups in total. The van der Waals surface area contributed by atoms with E-state index in [1.165, 1.54) is 16.2 Å². The molecule has 0 spiro atoms. The van der Waals surface area contributed by atoms with Crippen LogP contribution in [0.3, 0.4) is 0 Å². The lowest BCUT2D eigenvalue weighted by molar-refractivity contribution is 0.575. The molecule has 0 amide bonds. The highest BCUT2D eigenvalue weighted by Gasteiger charge is 2.21. The molecule has 0 aliphatic rings. The van der Waals surface area contributed by atoms with Crippen molar-refractivity contribution in [2.75, 3.05) is 7.05 Å². The molecule has 0 radical (unpaired) electrons. The molecule has 0 saturated heterocycles. The molecule has 3 rings (SSSR count). The molecular weight excluding hydrogens is 337 g/mol. The van der Waals surface area contributed by atoms with Crippen molar-refractivity contribution in [3.63, 3.8) is 0 Å². The monoisotopic (exact) mass is 349 g/mol. The topological polar surface area (TPSA) is 12.0 Å². The smallest absolute Gasteiger partial charge is 0.129 e. The van der Waals surface area contributed by atoms with Crippen LogP contribution in [0.15, 0.2) is 52.3 Å². The van der Waals surface area contributed by atoms with Crippen LogP contribution < -0.4 is 5.32 Å².